The monoisotopic (exact) mass is 734 g/mol. The summed E-state index contributed by atoms with van der Waals surface area (Å²) < 4.78 is 48.1. The lowest BCUT2D eigenvalue weighted by atomic mass is 9.79. The lowest BCUT2D eigenvalue weighted by Crippen LogP contribution is -2.61. The molecule has 0 amide bonds. The highest BCUT2D eigenvalue weighted by Crippen LogP contribution is 2.36. The van der Waals surface area contributed by atoms with E-state index >= 15 is 0 Å². The number of carbonyl (C=O) groups excluding carboxylic acids is 1. The van der Waals surface area contributed by atoms with Crippen molar-refractivity contribution in [2.24, 2.45) is 11.8 Å². The highest BCUT2D eigenvalue weighted by molar-refractivity contribution is 7.99. The third kappa shape index (κ3) is 20.5. The zero-order chi connectivity index (χ0) is 36.3. The maximum absolute atomic E-state index is 12.9. The number of aliphatic carboxylic acids is 1. The van der Waals surface area contributed by atoms with Crippen LogP contribution in [0.1, 0.15) is 19.8 Å². The molecule has 0 aromatic carbocycles. The first kappa shape index (κ1) is 46.0. The molecule has 18 heteroatoms. The molecule has 0 saturated carbocycles. The maximum atomic E-state index is 12.9. The second kappa shape index (κ2) is 28.5. The van der Waals surface area contributed by atoms with Gasteiger partial charge < -0.3 is 73.3 Å². The van der Waals surface area contributed by atoms with Gasteiger partial charge >= 0.3 is 5.97 Å². The Labute approximate surface area is 292 Å². The van der Waals surface area contributed by atoms with E-state index in [1.54, 1.807) is 14.0 Å². The number of hydrogen-bond acceptors (Lipinski definition) is 17. The number of aliphatic hydroxyl groups excluding tert-OH is 4. The molecule has 0 radical (unpaired) electrons. The molecule has 17 nitrogen and oxygen atoms in total. The predicted molar refractivity (Wildman–Crippen MR) is 174 cm³/mol. The maximum Gasteiger partial charge on any atom is 0.364 e. The molecule has 0 aromatic heterocycles. The Morgan fingerprint density at radius 2 is 1.22 bits per heavy atom. The van der Waals surface area contributed by atoms with Crippen LogP contribution in [0.3, 0.4) is 0 Å². The molecule has 0 aliphatic carbocycles. The van der Waals surface area contributed by atoms with E-state index in [4.69, 9.17) is 42.6 Å². The number of thioether (sulfide) groups is 1. The first-order valence-electron chi connectivity index (χ1n) is 16.5. The van der Waals surface area contributed by atoms with E-state index in [1.807, 2.05) is 0 Å². The molecule has 1 fully saturated rings. The van der Waals surface area contributed by atoms with Crippen molar-refractivity contribution in [2.75, 3.05) is 124 Å². The van der Waals surface area contributed by atoms with Gasteiger partial charge in [-0.15, -0.1) is 0 Å². The van der Waals surface area contributed by atoms with Gasteiger partial charge in [0.1, 0.15) is 18.0 Å². The molecule has 49 heavy (non-hydrogen) atoms. The molecule has 1 saturated heterocycles. The Hall–Kier alpha value is -1.07. The Morgan fingerprint density at radius 1 is 0.796 bits per heavy atom. The van der Waals surface area contributed by atoms with E-state index in [0.717, 1.165) is 0 Å². The summed E-state index contributed by atoms with van der Waals surface area (Å²) in [5.41, 5.74) is 0. The number of ether oxygens (including phenoxy) is 9. The number of rotatable bonds is 33. The van der Waals surface area contributed by atoms with Gasteiger partial charge in [-0.3, -0.25) is 4.79 Å². The smallest absolute Gasteiger partial charge is 0.364 e. The standard InChI is InChI=1S/C31H58O17S/c1-23(25(33)19-24-26(34)20-31(39,30(37)38)48-29(24)28(36)27(35)21-32)22-49-18-17-47-16-15-46-14-13-45-12-11-44-10-9-43-8-7-42-6-5-41-4-3-40-2/h23-24,26-29,32,34-36,39H,3-22H2,1-2H3,(H,37,38). The lowest BCUT2D eigenvalue weighted by molar-refractivity contribution is -0.304. The van der Waals surface area contributed by atoms with Crippen LogP contribution >= 0.6 is 11.8 Å². The van der Waals surface area contributed by atoms with Gasteiger partial charge in [0.2, 0.25) is 0 Å². The summed E-state index contributed by atoms with van der Waals surface area (Å²) in [6.07, 6.45) is -7.73. The van der Waals surface area contributed by atoms with E-state index in [1.165, 1.54) is 11.8 Å². The SMILES string of the molecule is COCCOCCOCCOCCOCCOCCOCCOCCSCC(C)C(=O)CC1C(O)CC(O)(C(=O)O)OC1C(O)C(O)CO. The number of carbonyl (C=O) groups is 2. The molecule has 0 aromatic rings. The van der Waals surface area contributed by atoms with Gasteiger partial charge in [0.25, 0.3) is 5.79 Å². The van der Waals surface area contributed by atoms with Crippen molar-refractivity contribution >= 4 is 23.5 Å². The number of methoxy groups -OCH3 is 1. The third-order valence-corrected chi connectivity index (χ3v) is 8.57. The summed E-state index contributed by atoms with van der Waals surface area (Å²) >= 11 is 1.49. The minimum absolute atomic E-state index is 0.276. The van der Waals surface area contributed by atoms with E-state index in [0.29, 0.717) is 111 Å². The molecule has 290 valence electrons. The summed E-state index contributed by atoms with van der Waals surface area (Å²) in [7, 11) is 1.63. The number of carboxylic acid groups (broad SMARTS) is 1. The van der Waals surface area contributed by atoms with Crippen LogP contribution in [0.15, 0.2) is 0 Å². The summed E-state index contributed by atoms with van der Waals surface area (Å²) in [4.78, 5) is 24.4. The minimum Gasteiger partial charge on any atom is -0.477 e. The van der Waals surface area contributed by atoms with Crippen LogP contribution in [0, 0.1) is 11.8 Å². The number of ketones is 1. The van der Waals surface area contributed by atoms with Gasteiger partial charge in [0.05, 0.1) is 118 Å². The van der Waals surface area contributed by atoms with Gasteiger partial charge in [-0.1, -0.05) is 6.92 Å². The van der Waals surface area contributed by atoms with Crippen LogP contribution in [0.5, 0.6) is 0 Å². The van der Waals surface area contributed by atoms with Gasteiger partial charge in [-0.05, 0) is 0 Å². The van der Waals surface area contributed by atoms with Crippen LogP contribution in [0.4, 0.5) is 0 Å². The molecule has 0 bridgehead atoms. The summed E-state index contributed by atoms with van der Waals surface area (Å²) in [5, 5.41) is 59.6. The number of Topliss-reactive ketones (excluding diaryl/α,β-unsaturated/α-hetero) is 1. The van der Waals surface area contributed by atoms with Crippen molar-refractivity contribution in [3.63, 3.8) is 0 Å². The topological polar surface area (TPSA) is 239 Å². The molecule has 7 unspecified atom stereocenters. The molecule has 1 aliphatic heterocycles. The summed E-state index contributed by atoms with van der Waals surface area (Å²) in [6.45, 7) is 7.93. The molecular formula is C31H58O17S. The first-order chi connectivity index (χ1) is 23.6. The van der Waals surface area contributed by atoms with Crippen LogP contribution in [-0.2, 0) is 52.2 Å². The van der Waals surface area contributed by atoms with Crippen LogP contribution in [-0.4, -0.2) is 197 Å². The number of aliphatic hydroxyl groups is 5. The minimum atomic E-state index is -2.81. The fourth-order valence-corrected chi connectivity index (χ4v) is 5.46. The quantitative estimate of drug-likeness (QED) is 0.0413. The molecule has 0 spiro atoms. The number of carboxylic acids is 1. The van der Waals surface area contributed by atoms with E-state index in [-0.39, 0.29) is 12.2 Å². The van der Waals surface area contributed by atoms with E-state index in [9.17, 15) is 40.2 Å². The Kier molecular flexibility index (Phi) is 26.7. The van der Waals surface area contributed by atoms with Crippen LogP contribution in [0.25, 0.3) is 0 Å². The fraction of sp³-hybridized carbons (Fsp3) is 0.935. The molecule has 1 rings (SSSR count). The van der Waals surface area contributed by atoms with Crippen LogP contribution < -0.4 is 0 Å². The van der Waals surface area contributed by atoms with Crippen molar-refractivity contribution in [1.29, 1.82) is 0 Å². The van der Waals surface area contributed by atoms with Gasteiger partial charge in [0, 0.05) is 43.3 Å². The molecule has 1 heterocycles. The summed E-state index contributed by atoms with van der Waals surface area (Å²) in [6, 6.07) is 0. The molecule has 6 N–H and O–H groups in total. The third-order valence-electron chi connectivity index (χ3n) is 7.38. The van der Waals surface area contributed by atoms with E-state index in [2.05, 4.69) is 0 Å². The second-order valence-electron chi connectivity index (χ2n) is 11.3. The zero-order valence-electron chi connectivity index (χ0n) is 28.7. The average Bonchev–Trinajstić information content (AvgIpc) is 3.08. The normalized spacial score (nSPS) is 23.0. The van der Waals surface area contributed by atoms with Crippen molar-refractivity contribution in [1.82, 2.24) is 0 Å². The zero-order valence-corrected chi connectivity index (χ0v) is 29.5. The van der Waals surface area contributed by atoms with Gasteiger partial charge in [-0.25, -0.2) is 4.79 Å². The molecule has 7 atom stereocenters. The lowest BCUT2D eigenvalue weighted by Gasteiger charge is -2.44. The Bertz CT molecular complexity index is 842. The van der Waals surface area contributed by atoms with Gasteiger partial charge in [0.15, 0.2) is 0 Å². The predicted octanol–water partition coefficient (Wildman–Crippen LogP) is -1.67. The molecule has 1 aliphatic rings. The fourth-order valence-electron chi connectivity index (χ4n) is 4.52. The van der Waals surface area contributed by atoms with E-state index < -0.39 is 61.0 Å². The van der Waals surface area contributed by atoms with Crippen molar-refractivity contribution in [3.05, 3.63) is 0 Å². The van der Waals surface area contributed by atoms with Crippen LogP contribution in [0.2, 0.25) is 0 Å². The van der Waals surface area contributed by atoms with Gasteiger partial charge in [-0.2, -0.15) is 11.8 Å². The van der Waals surface area contributed by atoms with Crippen molar-refractivity contribution in [3.8, 4) is 0 Å². The average molecular weight is 735 g/mol. The first-order valence-corrected chi connectivity index (χ1v) is 17.6. The summed E-state index contributed by atoms with van der Waals surface area (Å²) in [5.74, 6) is -5.37. The Morgan fingerprint density at radius 3 is 1.63 bits per heavy atom. The highest BCUT2D eigenvalue weighted by atomic mass is 32.2. The Balaban J connectivity index is 2.02. The molecular weight excluding hydrogens is 676 g/mol. The highest BCUT2D eigenvalue weighted by Gasteiger charge is 2.53. The second-order valence-corrected chi connectivity index (χ2v) is 12.4. The van der Waals surface area contributed by atoms with Crippen molar-refractivity contribution < 1.29 is 82.9 Å². The number of hydrogen-bond donors (Lipinski definition) is 6. The van der Waals surface area contributed by atoms with Crippen molar-refractivity contribution in [2.45, 2.75) is 50.0 Å². The largest absolute Gasteiger partial charge is 0.477 e.